The minimum atomic E-state index is -0.591. The molecule has 0 spiro atoms. The van der Waals surface area contributed by atoms with Gasteiger partial charge in [0.2, 0.25) is 0 Å². The third-order valence-corrected chi connectivity index (χ3v) is 3.31. The largest absolute Gasteiger partial charge is 0.465 e. The molecule has 0 radical (unpaired) electrons. The molecule has 0 saturated carbocycles. The highest BCUT2D eigenvalue weighted by molar-refractivity contribution is 5.93. The van der Waals surface area contributed by atoms with Crippen LogP contribution in [0.3, 0.4) is 0 Å². The molecule has 0 aliphatic heterocycles. The third-order valence-electron chi connectivity index (χ3n) is 3.31. The highest BCUT2D eigenvalue weighted by Gasteiger charge is 2.18. The van der Waals surface area contributed by atoms with Crippen molar-refractivity contribution < 1.29 is 24.0 Å². The molecule has 24 heavy (non-hydrogen) atoms. The molecule has 1 heterocycles. The van der Waals surface area contributed by atoms with Gasteiger partial charge >= 0.3 is 17.8 Å². The first-order valence-corrected chi connectivity index (χ1v) is 6.96. The number of benzene rings is 1. The molecule has 0 N–H and O–H groups in total. The van der Waals surface area contributed by atoms with E-state index in [1.54, 1.807) is 6.92 Å². The summed E-state index contributed by atoms with van der Waals surface area (Å²) in [6.07, 6.45) is 1.16. The predicted octanol–water partition coefficient (Wildman–Crippen LogP) is 1.74. The van der Waals surface area contributed by atoms with Crippen LogP contribution in [0.2, 0.25) is 0 Å². The molecule has 0 fully saturated rings. The fourth-order valence-corrected chi connectivity index (χ4v) is 2.05. The molecule has 1 aromatic carbocycles. The van der Waals surface area contributed by atoms with Gasteiger partial charge in [-0.2, -0.15) is 0 Å². The molecule has 1 aromatic heterocycles. The van der Waals surface area contributed by atoms with E-state index in [1.807, 2.05) is 0 Å². The van der Waals surface area contributed by atoms with Crippen molar-refractivity contribution >= 4 is 17.8 Å². The SMILES string of the molecule is COC(=O)c1ccc(C(=O)OCCn2c([N+](=O)[O-])cnc2C)cc1. The Balaban J connectivity index is 1.95. The van der Waals surface area contributed by atoms with Crippen LogP contribution in [0.15, 0.2) is 30.5 Å². The maximum Gasteiger partial charge on any atom is 0.342 e. The Hall–Kier alpha value is -3.23. The van der Waals surface area contributed by atoms with Crippen LogP contribution in [0.4, 0.5) is 5.82 Å². The minimum absolute atomic E-state index is 0.0460. The number of imidazole rings is 1. The molecule has 0 aliphatic carbocycles. The maximum atomic E-state index is 11.9. The number of hydrogen-bond donors (Lipinski definition) is 0. The number of rotatable bonds is 6. The molecular weight excluding hydrogens is 318 g/mol. The second-order valence-electron chi connectivity index (χ2n) is 4.78. The minimum Gasteiger partial charge on any atom is -0.465 e. The van der Waals surface area contributed by atoms with Crippen LogP contribution in [0.5, 0.6) is 0 Å². The third kappa shape index (κ3) is 3.75. The van der Waals surface area contributed by atoms with E-state index in [0.29, 0.717) is 11.4 Å². The van der Waals surface area contributed by atoms with Crippen LogP contribution < -0.4 is 0 Å². The fraction of sp³-hybridized carbons (Fsp3) is 0.267. The van der Waals surface area contributed by atoms with Crippen molar-refractivity contribution in [3.63, 3.8) is 0 Å². The Morgan fingerprint density at radius 1 is 1.21 bits per heavy atom. The summed E-state index contributed by atoms with van der Waals surface area (Å²) in [5, 5.41) is 10.9. The van der Waals surface area contributed by atoms with E-state index in [0.717, 1.165) is 6.20 Å². The average molecular weight is 333 g/mol. The van der Waals surface area contributed by atoms with Gasteiger partial charge in [0, 0.05) is 6.92 Å². The van der Waals surface area contributed by atoms with Crippen molar-refractivity contribution in [1.29, 1.82) is 0 Å². The lowest BCUT2D eigenvalue weighted by Crippen LogP contribution is -2.14. The zero-order chi connectivity index (χ0) is 17.7. The second kappa shape index (κ2) is 7.36. The first-order valence-electron chi connectivity index (χ1n) is 6.96. The monoisotopic (exact) mass is 333 g/mol. The molecule has 0 bridgehead atoms. The Labute approximate surface area is 137 Å². The summed E-state index contributed by atoms with van der Waals surface area (Å²) in [6, 6.07) is 5.79. The van der Waals surface area contributed by atoms with Gasteiger partial charge in [0.15, 0.2) is 5.82 Å². The van der Waals surface area contributed by atoms with Gasteiger partial charge < -0.3 is 19.6 Å². The van der Waals surface area contributed by atoms with Crippen LogP contribution >= 0.6 is 0 Å². The maximum absolute atomic E-state index is 11.9. The number of methoxy groups -OCH3 is 1. The number of aryl methyl sites for hydroxylation is 1. The molecule has 0 amide bonds. The molecule has 2 rings (SSSR count). The Morgan fingerprint density at radius 3 is 2.33 bits per heavy atom. The van der Waals surface area contributed by atoms with E-state index >= 15 is 0 Å². The molecule has 0 unspecified atom stereocenters. The number of carbonyl (C=O) groups excluding carboxylic acids is 2. The standard InChI is InChI=1S/C15H15N3O6/c1-10-16-9-13(18(21)22)17(10)7-8-24-15(20)12-5-3-11(4-6-12)14(19)23-2/h3-6,9H,7-8H2,1-2H3. The van der Waals surface area contributed by atoms with Gasteiger partial charge in [-0.3, -0.25) is 0 Å². The summed E-state index contributed by atoms with van der Waals surface area (Å²) in [5.74, 6) is -0.796. The van der Waals surface area contributed by atoms with Crippen molar-refractivity contribution in [3.05, 3.63) is 57.5 Å². The van der Waals surface area contributed by atoms with Crippen LogP contribution in [0.25, 0.3) is 0 Å². The van der Waals surface area contributed by atoms with Crippen molar-refractivity contribution in [2.24, 2.45) is 0 Å². The number of ether oxygens (including phenoxy) is 2. The number of hydrogen-bond acceptors (Lipinski definition) is 7. The van der Waals surface area contributed by atoms with Gasteiger partial charge in [-0.05, 0) is 29.2 Å². The van der Waals surface area contributed by atoms with Gasteiger partial charge in [-0.1, -0.05) is 0 Å². The van der Waals surface area contributed by atoms with E-state index in [1.165, 1.54) is 35.9 Å². The van der Waals surface area contributed by atoms with E-state index in [2.05, 4.69) is 9.72 Å². The fourth-order valence-electron chi connectivity index (χ4n) is 2.05. The molecule has 9 nitrogen and oxygen atoms in total. The predicted molar refractivity (Wildman–Crippen MR) is 81.7 cm³/mol. The number of nitrogens with zero attached hydrogens (tertiary/aromatic N) is 3. The lowest BCUT2D eigenvalue weighted by atomic mass is 10.1. The van der Waals surface area contributed by atoms with Gasteiger partial charge in [0.05, 0.1) is 18.2 Å². The lowest BCUT2D eigenvalue weighted by molar-refractivity contribution is -0.392. The summed E-state index contributed by atoms with van der Waals surface area (Å²) < 4.78 is 11.0. The van der Waals surface area contributed by atoms with Crippen LogP contribution in [0.1, 0.15) is 26.5 Å². The quantitative estimate of drug-likeness (QED) is 0.449. The van der Waals surface area contributed by atoms with E-state index < -0.39 is 16.9 Å². The first kappa shape index (κ1) is 17.1. The smallest absolute Gasteiger partial charge is 0.342 e. The summed E-state index contributed by atoms with van der Waals surface area (Å²) >= 11 is 0. The van der Waals surface area contributed by atoms with E-state index in [-0.39, 0.29) is 24.5 Å². The van der Waals surface area contributed by atoms with Gasteiger partial charge in [-0.15, -0.1) is 0 Å². The number of carbonyl (C=O) groups is 2. The number of nitro groups is 1. The summed E-state index contributed by atoms with van der Waals surface area (Å²) in [4.78, 5) is 37.4. The van der Waals surface area contributed by atoms with Crippen LogP contribution in [0, 0.1) is 17.0 Å². The Bertz CT molecular complexity index is 766. The second-order valence-corrected chi connectivity index (χ2v) is 4.78. The van der Waals surface area contributed by atoms with Crippen molar-refractivity contribution in [2.75, 3.05) is 13.7 Å². The molecular formula is C15H15N3O6. The van der Waals surface area contributed by atoms with Gasteiger partial charge in [-0.25, -0.2) is 19.1 Å². The molecule has 2 aromatic rings. The van der Waals surface area contributed by atoms with Crippen LogP contribution in [-0.4, -0.2) is 40.1 Å². The highest BCUT2D eigenvalue weighted by Crippen LogP contribution is 2.13. The summed E-state index contributed by atoms with van der Waals surface area (Å²) in [5.41, 5.74) is 0.582. The van der Waals surface area contributed by atoms with Gasteiger partial charge in [0.25, 0.3) is 0 Å². The zero-order valence-corrected chi connectivity index (χ0v) is 13.1. The van der Waals surface area contributed by atoms with E-state index in [4.69, 9.17) is 4.74 Å². The normalized spacial score (nSPS) is 10.2. The van der Waals surface area contributed by atoms with Crippen LogP contribution in [-0.2, 0) is 16.0 Å². The van der Waals surface area contributed by atoms with E-state index in [9.17, 15) is 19.7 Å². The van der Waals surface area contributed by atoms with Gasteiger partial charge in [0.1, 0.15) is 19.3 Å². The molecule has 9 heteroatoms. The average Bonchev–Trinajstić information content (AvgIpc) is 2.95. The van der Waals surface area contributed by atoms with Crippen molar-refractivity contribution in [2.45, 2.75) is 13.5 Å². The summed E-state index contributed by atoms with van der Waals surface area (Å²) in [7, 11) is 1.27. The molecule has 0 saturated heterocycles. The molecule has 126 valence electrons. The summed E-state index contributed by atoms with van der Waals surface area (Å²) in [6.45, 7) is 1.70. The Kier molecular flexibility index (Phi) is 5.25. The van der Waals surface area contributed by atoms with Crippen molar-refractivity contribution in [1.82, 2.24) is 9.55 Å². The van der Waals surface area contributed by atoms with Crippen molar-refractivity contribution in [3.8, 4) is 0 Å². The highest BCUT2D eigenvalue weighted by atomic mass is 16.6. The zero-order valence-electron chi connectivity index (χ0n) is 13.1. The topological polar surface area (TPSA) is 114 Å². The first-order chi connectivity index (χ1) is 11.4. The number of esters is 2. The number of aromatic nitrogens is 2. The lowest BCUT2D eigenvalue weighted by Gasteiger charge is -2.06. The molecule has 0 atom stereocenters. The molecule has 0 aliphatic rings. The Morgan fingerprint density at radius 2 is 1.79 bits per heavy atom.